The Morgan fingerprint density at radius 1 is 1.33 bits per heavy atom. The first-order valence-corrected chi connectivity index (χ1v) is 7.06. The molecule has 18 heavy (non-hydrogen) atoms. The number of aromatic nitrogens is 1. The summed E-state index contributed by atoms with van der Waals surface area (Å²) in [4.78, 5) is 3.38. The Labute approximate surface area is 113 Å². The van der Waals surface area contributed by atoms with E-state index in [4.69, 9.17) is 0 Å². The highest BCUT2D eigenvalue weighted by Gasteiger charge is 2.84. The number of benzene rings is 1. The summed E-state index contributed by atoms with van der Waals surface area (Å²) in [7, 11) is 0. The van der Waals surface area contributed by atoms with E-state index in [1.165, 1.54) is 5.39 Å². The van der Waals surface area contributed by atoms with Gasteiger partial charge in [0.2, 0.25) is 0 Å². The summed E-state index contributed by atoms with van der Waals surface area (Å²) >= 11 is 3.46. The topological polar surface area (TPSA) is 27.8 Å². The van der Waals surface area contributed by atoms with Gasteiger partial charge in [-0.2, -0.15) is 0 Å². The number of alkyl halides is 1. The molecule has 0 spiro atoms. The van der Waals surface area contributed by atoms with Crippen molar-refractivity contribution >= 4 is 26.8 Å². The molecule has 2 aliphatic rings. The Bertz CT molecular complexity index is 628. The molecule has 2 nitrogen and oxygen atoms in total. The first kappa shape index (κ1) is 11.0. The summed E-state index contributed by atoms with van der Waals surface area (Å²) in [6, 6.07) is 8.35. The van der Waals surface area contributed by atoms with Crippen molar-refractivity contribution in [1.29, 1.82) is 0 Å². The van der Waals surface area contributed by atoms with Crippen molar-refractivity contribution in [3.63, 3.8) is 0 Å². The molecular weight excluding hydrogens is 295 g/mol. The molecule has 4 rings (SSSR count). The van der Waals surface area contributed by atoms with Crippen molar-refractivity contribution in [2.45, 2.75) is 25.1 Å². The normalized spacial score (nSPS) is 32.6. The smallest absolute Gasteiger partial charge is 0.119 e. The molecule has 0 unspecified atom stereocenters. The van der Waals surface area contributed by atoms with Gasteiger partial charge in [-0.15, -0.1) is 0 Å². The Morgan fingerprint density at radius 2 is 2.11 bits per heavy atom. The number of fused-ring (bicyclic) bond motifs is 2. The molecule has 2 saturated carbocycles. The van der Waals surface area contributed by atoms with Gasteiger partial charge in [-0.3, -0.25) is 0 Å². The maximum atomic E-state index is 13.4. The lowest BCUT2D eigenvalue weighted by molar-refractivity contribution is 0.389. The van der Waals surface area contributed by atoms with Crippen LogP contribution in [0.2, 0.25) is 0 Å². The van der Waals surface area contributed by atoms with Crippen molar-refractivity contribution in [2.24, 2.45) is 5.41 Å². The van der Waals surface area contributed by atoms with Crippen molar-refractivity contribution in [3.05, 3.63) is 34.4 Å². The van der Waals surface area contributed by atoms with Gasteiger partial charge in [0, 0.05) is 34.2 Å². The van der Waals surface area contributed by atoms with Crippen molar-refractivity contribution in [1.82, 2.24) is 10.3 Å². The molecule has 2 aliphatic carbocycles. The molecular formula is C14H14BrFN2. The zero-order valence-corrected chi connectivity index (χ0v) is 11.5. The van der Waals surface area contributed by atoms with Gasteiger partial charge in [0.1, 0.15) is 5.67 Å². The number of rotatable bonds is 4. The van der Waals surface area contributed by atoms with E-state index >= 15 is 0 Å². The van der Waals surface area contributed by atoms with Crippen LogP contribution in [0.5, 0.6) is 0 Å². The van der Waals surface area contributed by atoms with Crippen molar-refractivity contribution < 1.29 is 4.39 Å². The van der Waals surface area contributed by atoms with E-state index in [1.807, 2.05) is 6.07 Å². The maximum Gasteiger partial charge on any atom is 0.119 e. The number of hydrogen-bond donors (Lipinski definition) is 2. The summed E-state index contributed by atoms with van der Waals surface area (Å²) in [6.07, 6.45) is 1.54. The predicted molar refractivity (Wildman–Crippen MR) is 73.2 cm³/mol. The largest absolute Gasteiger partial charge is 0.357 e. The molecule has 2 fully saturated rings. The molecule has 94 valence electrons. The number of hydrogen-bond acceptors (Lipinski definition) is 1. The van der Waals surface area contributed by atoms with Gasteiger partial charge in [-0.25, -0.2) is 4.39 Å². The highest BCUT2D eigenvalue weighted by molar-refractivity contribution is 9.10. The SMILES string of the molecule is FC12CC1(CNCc1cc3ccc(Br)cc3[nH]1)C2. The van der Waals surface area contributed by atoms with E-state index < -0.39 is 5.67 Å². The summed E-state index contributed by atoms with van der Waals surface area (Å²) in [5, 5.41) is 4.58. The minimum absolute atomic E-state index is 0.0159. The second-order valence-corrected chi connectivity index (χ2v) is 6.64. The van der Waals surface area contributed by atoms with Crippen LogP contribution < -0.4 is 5.32 Å². The molecule has 1 aromatic carbocycles. The molecule has 0 saturated heterocycles. The second kappa shape index (κ2) is 3.36. The van der Waals surface area contributed by atoms with Gasteiger partial charge in [0.05, 0.1) is 0 Å². The van der Waals surface area contributed by atoms with Crippen LogP contribution in [0.4, 0.5) is 4.39 Å². The molecule has 0 amide bonds. The lowest BCUT2D eigenvalue weighted by Gasteiger charge is -2.03. The Hall–Kier alpha value is -0.870. The minimum atomic E-state index is -0.786. The van der Waals surface area contributed by atoms with E-state index in [2.05, 4.69) is 44.4 Å². The first-order valence-electron chi connectivity index (χ1n) is 6.27. The van der Waals surface area contributed by atoms with Crippen LogP contribution >= 0.6 is 15.9 Å². The average Bonchev–Trinajstić information content (AvgIpc) is 2.97. The van der Waals surface area contributed by atoms with E-state index in [0.29, 0.717) is 0 Å². The average molecular weight is 309 g/mol. The number of nitrogens with one attached hydrogen (secondary N) is 2. The third-order valence-electron chi connectivity index (χ3n) is 4.36. The van der Waals surface area contributed by atoms with Crippen molar-refractivity contribution in [3.8, 4) is 0 Å². The third kappa shape index (κ3) is 1.55. The van der Waals surface area contributed by atoms with Crippen LogP contribution in [-0.4, -0.2) is 17.2 Å². The quantitative estimate of drug-likeness (QED) is 0.888. The summed E-state index contributed by atoms with van der Waals surface area (Å²) in [6.45, 7) is 1.59. The summed E-state index contributed by atoms with van der Waals surface area (Å²) < 4.78 is 14.5. The van der Waals surface area contributed by atoms with Crippen LogP contribution in [0, 0.1) is 5.41 Å². The second-order valence-electron chi connectivity index (χ2n) is 5.73. The third-order valence-corrected chi connectivity index (χ3v) is 4.85. The summed E-state index contributed by atoms with van der Waals surface area (Å²) in [5.41, 5.74) is 1.52. The van der Waals surface area contributed by atoms with Gasteiger partial charge < -0.3 is 10.3 Å². The number of H-pyrrole nitrogens is 1. The monoisotopic (exact) mass is 308 g/mol. The standard InChI is InChI=1S/C14H14BrFN2/c15-10-2-1-9-3-11(18-12(9)4-10)5-17-8-13-6-14(13,16)7-13/h1-4,17-18H,5-8H2. The van der Waals surface area contributed by atoms with Crippen LogP contribution in [0.15, 0.2) is 28.7 Å². The van der Waals surface area contributed by atoms with Crippen LogP contribution in [0.25, 0.3) is 10.9 Å². The Balaban J connectivity index is 1.43. The van der Waals surface area contributed by atoms with Gasteiger partial charge in [0.25, 0.3) is 0 Å². The molecule has 2 N–H and O–H groups in total. The van der Waals surface area contributed by atoms with Gasteiger partial charge in [-0.05, 0) is 36.4 Å². The van der Waals surface area contributed by atoms with Gasteiger partial charge >= 0.3 is 0 Å². The Morgan fingerprint density at radius 3 is 2.83 bits per heavy atom. The fourth-order valence-corrected chi connectivity index (χ4v) is 3.27. The van der Waals surface area contributed by atoms with Crippen LogP contribution in [0.1, 0.15) is 18.5 Å². The minimum Gasteiger partial charge on any atom is -0.357 e. The molecule has 1 heterocycles. The number of aromatic amines is 1. The van der Waals surface area contributed by atoms with Crippen LogP contribution in [-0.2, 0) is 6.54 Å². The molecule has 0 aliphatic heterocycles. The molecule has 1 aromatic heterocycles. The first-order chi connectivity index (χ1) is 8.60. The highest BCUT2D eigenvalue weighted by Crippen LogP contribution is 2.80. The summed E-state index contributed by atoms with van der Waals surface area (Å²) in [5.74, 6) is 0. The van der Waals surface area contributed by atoms with Crippen LogP contribution in [0.3, 0.4) is 0 Å². The van der Waals surface area contributed by atoms with E-state index in [9.17, 15) is 4.39 Å². The van der Waals surface area contributed by atoms with Crippen molar-refractivity contribution in [2.75, 3.05) is 6.54 Å². The molecule has 0 radical (unpaired) electrons. The lowest BCUT2D eigenvalue weighted by Crippen LogP contribution is -2.19. The molecule has 0 bridgehead atoms. The van der Waals surface area contributed by atoms with E-state index in [-0.39, 0.29) is 5.41 Å². The fourth-order valence-electron chi connectivity index (χ4n) is 2.91. The number of halogens is 2. The molecule has 2 aromatic rings. The maximum absolute atomic E-state index is 13.4. The zero-order valence-electron chi connectivity index (χ0n) is 9.89. The zero-order chi connectivity index (χ0) is 12.4. The van der Waals surface area contributed by atoms with E-state index in [1.54, 1.807) is 0 Å². The predicted octanol–water partition coefficient (Wildman–Crippen LogP) is 3.52. The Kier molecular flexibility index (Phi) is 2.06. The van der Waals surface area contributed by atoms with Gasteiger partial charge in [-0.1, -0.05) is 22.0 Å². The highest BCUT2D eigenvalue weighted by atomic mass is 79.9. The lowest BCUT2D eigenvalue weighted by atomic mass is 10.2. The fraction of sp³-hybridized carbons (Fsp3) is 0.429. The van der Waals surface area contributed by atoms with Gasteiger partial charge in [0.15, 0.2) is 0 Å². The van der Waals surface area contributed by atoms with E-state index in [0.717, 1.165) is 41.6 Å². The molecule has 4 heteroatoms. The molecule has 0 atom stereocenters.